The second-order valence-corrected chi connectivity index (χ2v) is 10.4. The van der Waals surface area contributed by atoms with Crippen molar-refractivity contribution in [3.8, 4) is 0 Å². The van der Waals surface area contributed by atoms with Crippen molar-refractivity contribution in [2.24, 2.45) is 7.05 Å². The lowest BCUT2D eigenvalue weighted by Gasteiger charge is -2.22. The second kappa shape index (κ2) is 9.01. The molecule has 1 atom stereocenters. The molecule has 1 amide bonds. The first kappa shape index (κ1) is 23.9. The SMILES string of the molecule is Cn1ccnc1C(NC(=O)c1ccc(Cl)c(S(=O)(=O)NC(C)(C)C)c1)c1ccccc1F. The molecule has 0 radical (unpaired) electrons. The van der Waals surface area contributed by atoms with Gasteiger partial charge in [-0.2, -0.15) is 0 Å². The lowest BCUT2D eigenvalue weighted by atomic mass is 10.0. The Bertz CT molecular complexity index is 1250. The highest BCUT2D eigenvalue weighted by atomic mass is 35.5. The van der Waals surface area contributed by atoms with Gasteiger partial charge >= 0.3 is 0 Å². The van der Waals surface area contributed by atoms with E-state index < -0.39 is 33.3 Å². The van der Waals surface area contributed by atoms with Crippen LogP contribution in [0, 0.1) is 5.82 Å². The fourth-order valence-electron chi connectivity index (χ4n) is 3.17. The third kappa shape index (κ3) is 5.35. The number of hydrogen-bond donors (Lipinski definition) is 2. The maximum Gasteiger partial charge on any atom is 0.252 e. The number of imidazole rings is 1. The first-order chi connectivity index (χ1) is 14.9. The molecule has 0 aliphatic carbocycles. The van der Waals surface area contributed by atoms with E-state index in [9.17, 15) is 17.6 Å². The van der Waals surface area contributed by atoms with Crippen molar-refractivity contribution in [2.45, 2.75) is 37.2 Å². The number of aryl methyl sites for hydroxylation is 1. The molecule has 32 heavy (non-hydrogen) atoms. The van der Waals surface area contributed by atoms with Gasteiger partial charge in [-0.05, 0) is 45.0 Å². The first-order valence-corrected chi connectivity index (χ1v) is 11.6. The van der Waals surface area contributed by atoms with Crippen molar-refractivity contribution in [3.63, 3.8) is 0 Å². The zero-order chi connectivity index (χ0) is 23.7. The number of sulfonamides is 1. The predicted octanol–water partition coefficient (Wildman–Crippen LogP) is 3.81. The molecule has 1 aromatic heterocycles. The topological polar surface area (TPSA) is 93.1 Å². The summed E-state index contributed by atoms with van der Waals surface area (Å²) < 4.78 is 44.3. The van der Waals surface area contributed by atoms with Gasteiger partial charge in [0.05, 0.1) is 5.02 Å². The molecule has 10 heteroatoms. The third-order valence-corrected chi connectivity index (χ3v) is 6.77. The Kier molecular flexibility index (Phi) is 6.73. The van der Waals surface area contributed by atoms with E-state index in [1.54, 1.807) is 63.0 Å². The van der Waals surface area contributed by atoms with Crippen LogP contribution in [0.4, 0.5) is 4.39 Å². The minimum Gasteiger partial charge on any atom is -0.338 e. The van der Waals surface area contributed by atoms with Crippen molar-refractivity contribution in [3.05, 3.63) is 82.6 Å². The van der Waals surface area contributed by atoms with Gasteiger partial charge in [0.2, 0.25) is 10.0 Å². The van der Waals surface area contributed by atoms with Crippen LogP contribution in [0.2, 0.25) is 5.02 Å². The number of amides is 1. The number of hydrogen-bond acceptors (Lipinski definition) is 4. The fraction of sp³-hybridized carbons (Fsp3) is 0.273. The second-order valence-electron chi connectivity index (χ2n) is 8.33. The van der Waals surface area contributed by atoms with E-state index in [0.717, 1.165) is 0 Å². The molecule has 0 bridgehead atoms. The summed E-state index contributed by atoms with van der Waals surface area (Å²) in [6.07, 6.45) is 3.22. The van der Waals surface area contributed by atoms with Crippen molar-refractivity contribution >= 4 is 27.5 Å². The van der Waals surface area contributed by atoms with Crippen molar-refractivity contribution < 1.29 is 17.6 Å². The molecule has 7 nitrogen and oxygen atoms in total. The summed E-state index contributed by atoms with van der Waals surface area (Å²) >= 11 is 6.12. The van der Waals surface area contributed by atoms with Crippen LogP contribution in [0.15, 0.2) is 59.8 Å². The van der Waals surface area contributed by atoms with Gasteiger partial charge < -0.3 is 9.88 Å². The minimum atomic E-state index is -3.98. The van der Waals surface area contributed by atoms with Gasteiger partial charge in [-0.1, -0.05) is 29.8 Å². The molecule has 2 N–H and O–H groups in total. The highest BCUT2D eigenvalue weighted by Gasteiger charge is 2.27. The Morgan fingerprint density at radius 1 is 1.19 bits per heavy atom. The van der Waals surface area contributed by atoms with Crippen molar-refractivity contribution in [2.75, 3.05) is 0 Å². The van der Waals surface area contributed by atoms with Gasteiger partial charge in [0.25, 0.3) is 5.91 Å². The van der Waals surface area contributed by atoms with Crippen LogP contribution in [-0.4, -0.2) is 29.4 Å². The van der Waals surface area contributed by atoms with Crippen LogP contribution in [-0.2, 0) is 17.1 Å². The Labute approximate surface area is 191 Å². The van der Waals surface area contributed by atoms with E-state index in [-0.39, 0.29) is 21.0 Å². The van der Waals surface area contributed by atoms with Gasteiger partial charge in [0.15, 0.2) is 0 Å². The van der Waals surface area contributed by atoms with Crippen LogP contribution in [0.3, 0.4) is 0 Å². The van der Waals surface area contributed by atoms with E-state index in [2.05, 4.69) is 15.0 Å². The zero-order valence-corrected chi connectivity index (χ0v) is 19.6. The maximum atomic E-state index is 14.6. The molecule has 0 aliphatic rings. The minimum absolute atomic E-state index is 0.0203. The standard InChI is InChI=1S/C22H24ClFN4O3S/c1-22(2,3)27-32(30,31)18-13-14(9-10-16(18)23)21(29)26-19(20-25-11-12-28(20)4)15-7-5-6-8-17(15)24/h5-13,19,27H,1-4H3,(H,26,29). The Morgan fingerprint density at radius 3 is 2.47 bits per heavy atom. The molecule has 170 valence electrons. The smallest absolute Gasteiger partial charge is 0.252 e. The van der Waals surface area contributed by atoms with E-state index in [0.29, 0.717) is 5.82 Å². The molecule has 0 aliphatic heterocycles. The van der Waals surface area contributed by atoms with Crippen LogP contribution < -0.4 is 10.0 Å². The molecule has 1 unspecified atom stereocenters. The van der Waals surface area contributed by atoms with Gasteiger partial charge in [-0.25, -0.2) is 22.5 Å². The van der Waals surface area contributed by atoms with Gasteiger partial charge in [0, 0.05) is 36.1 Å². The summed E-state index contributed by atoms with van der Waals surface area (Å²) in [4.78, 5) is 17.1. The fourth-order valence-corrected chi connectivity index (χ4v) is 5.11. The Morgan fingerprint density at radius 2 is 1.88 bits per heavy atom. The molecule has 0 saturated carbocycles. The summed E-state index contributed by atoms with van der Waals surface area (Å²) in [5.41, 5.74) is -0.459. The molecule has 0 fully saturated rings. The van der Waals surface area contributed by atoms with E-state index in [4.69, 9.17) is 11.6 Å². The van der Waals surface area contributed by atoms with E-state index in [1.165, 1.54) is 24.3 Å². The summed E-state index contributed by atoms with van der Waals surface area (Å²) in [5.74, 6) is -0.695. The van der Waals surface area contributed by atoms with Crippen molar-refractivity contribution in [1.29, 1.82) is 0 Å². The zero-order valence-electron chi connectivity index (χ0n) is 18.1. The highest BCUT2D eigenvalue weighted by Crippen LogP contribution is 2.26. The summed E-state index contributed by atoms with van der Waals surface area (Å²) in [7, 11) is -2.25. The van der Waals surface area contributed by atoms with Crippen LogP contribution in [0.5, 0.6) is 0 Å². The summed E-state index contributed by atoms with van der Waals surface area (Å²) in [5, 5.41) is 2.74. The predicted molar refractivity (Wildman–Crippen MR) is 120 cm³/mol. The lowest BCUT2D eigenvalue weighted by molar-refractivity contribution is 0.0940. The number of carbonyl (C=O) groups excluding carboxylic acids is 1. The number of aromatic nitrogens is 2. The largest absolute Gasteiger partial charge is 0.338 e. The van der Waals surface area contributed by atoms with E-state index >= 15 is 0 Å². The molecular weight excluding hydrogens is 455 g/mol. The molecule has 3 aromatic rings. The summed E-state index contributed by atoms with van der Waals surface area (Å²) in [6.45, 7) is 5.09. The first-order valence-electron chi connectivity index (χ1n) is 9.75. The lowest BCUT2D eigenvalue weighted by Crippen LogP contribution is -2.40. The highest BCUT2D eigenvalue weighted by molar-refractivity contribution is 7.89. The van der Waals surface area contributed by atoms with Gasteiger partial charge in [0.1, 0.15) is 22.6 Å². The maximum absolute atomic E-state index is 14.6. The van der Waals surface area contributed by atoms with Crippen LogP contribution in [0.25, 0.3) is 0 Å². The normalized spacial score (nSPS) is 13.1. The Hall–Kier alpha value is -2.75. The third-order valence-electron chi connectivity index (χ3n) is 4.53. The molecule has 0 saturated heterocycles. The monoisotopic (exact) mass is 478 g/mol. The van der Waals surface area contributed by atoms with Gasteiger partial charge in [-0.15, -0.1) is 0 Å². The van der Waals surface area contributed by atoms with Gasteiger partial charge in [-0.3, -0.25) is 4.79 Å². The number of halogens is 2. The number of rotatable bonds is 6. The molecule has 0 spiro atoms. The molecule has 3 rings (SSSR count). The Balaban J connectivity index is 1.99. The van der Waals surface area contributed by atoms with Crippen molar-refractivity contribution in [1.82, 2.24) is 19.6 Å². The van der Waals surface area contributed by atoms with Crippen LogP contribution >= 0.6 is 11.6 Å². The molecule has 2 aromatic carbocycles. The average molecular weight is 479 g/mol. The molecule has 1 heterocycles. The molecular formula is C22H24ClFN4O3S. The number of nitrogens with one attached hydrogen (secondary N) is 2. The van der Waals surface area contributed by atoms with Crippen LogP contribution in [0.1, 0.15) is 48.6 Å². The van der Waals surface area contributed by atoms with E-state index in [1.807, 2.05) is 0 Å². The number of benzene rings is 2. The average Bonchev–Trinajstić information content (AvgIpc) is 3.10. The summed E-state index contributed by atoms with van der Waals surface area (Å²) in [6, 6.07) is 9.11. The quantitative estimate of drug-likeness (QED) is 0.563. The number of carbonyl (C=O) groups is 1. The number of nitrogens with zero attached hydrogens (tertiary/aromatic N) is 2.